The number of nitrogen functional groups attached to an aromatic ring is 1. The molecule has 0 amide bonds. The summed E-state index contributed by atoms with van der Waals surface area (Å²) in [5.74, 6) is 1.61. The maximum absolute atomic E-state index is 7.68. The fraction of sp³-hybridized carbons (Fsp3) is 0.500. The van der Waals surface area contributed by atoms with E-state index in [1.54, 1.807) is 7.11 Å². The summed E-state index contributed by atoms with van der Waals surface area (Å²) in [5, 5.41) is 7.68. The molecule has 1 atom stereocenters. The molecule has 0 spiro atoms. The molecule has 1 aromatic rings. The van der Waals surface area contributed by atoms with Crippen LogP contribution in [-0.2, 0) is 0 Å². The molecule has 2 rings (SSSR count). The molecule has 1 aromatic carbocycles. The monoisotopic (exact) mass is 247 g/mol. The molecule has 18 heavy (non-hydrogen) atoms. The lowest BCUT2D eigenvalue weighted by molar-refractivity contribution is 0.413. The Labute approximate surface area is 108 Å². The molecule has 0 saturated carbocycles. The summed E-state index contributed by atoms with van der Waals surface area (Å²) in [6.07, 6.45) is 2.46. The largest absolute Gasteiger partial charge is 0.497 e. The Morgan fingerprint density at radius 2 is 2.28 bits per heavy atom. The molecule has 1 saturated heterocycles. The van der Waals surface area contributed by atoms with Crippen molar-refractivity contribution in [3.63, 3.8) is 0 Å². The summed E-state index contributed by atoms with van der Waals surface area (Å²) in [6, 6.07) is 5.71. The van der Waals surface area contributed by atoms with Crippen LogP contribution in [0.4, 0.5) is 5.69 Å². The van der Waals surface area contributed by atoms with Crippen LogP contribution in [0.3, 0.4) is 0 Å². The third-order valence-corrected chi connectivity index (χ3v) is 3.49. The quantitative estimate of drug-likeness (QED) is 0.636. The summed E-state index contributed by atoms with van der Waals surface area (Å²) >= 11 is 0. The van der Waals surface area contributed by atoms with Crippen LogP contribution in [0.15, 0.2) is 18.2 Å². The first-order valence-electron chi connectivity index (χ1n) is 6.39. The van der Waals surface area contributed by atoms with Gasteiger partial charge in [0.05, 0.1) is 12.8 Å². The van der Waals surface area contributed by atoms with Crippen LogP contribution in [0.5, 0.6) is 5.75 Å². The Morgan fingerprint density at radius 3 is 2.89 bits per heavy atom. The zero-order chi connectivity index (χ0) is 13.1. The number of nitrogens with one attached hydrogen (secondary N) is 1. The molecule has 1 unspecified atom stereocenters. The normalized spacial score (nSPS) is 19.7. The van der Waals surface area contributed by atoms with Gasteiger partial charge in [-0.05, 0) is 30.9 Å². The SMILES string of the molecule is COc1ccc(C(=N)N)c(N2CCCC(C)C2)c1. The van der Waals surface area contributed by atoms with E-state index in [9.17, 15) is 0 Å². The van der Waals surface area contributed by atoms with Gasteiger partial charge in [0.15, 0.2) is 0 Å². The Kier molecular flexibility index (Phi) is 3.75. The number of piperidine rings is 1. The number of nitrogens with zero attached hydrogens (tertiary/aromatic N) is 1. The van der Waals surface area contributed by atoms with E-state index in [-0.39, 0.29) is 5.84 Å². The minimum atomic E-state index is 0.117. The van der Waals surface area contributed by atoms with Gasteiger partial charge in [-0.15, -0.1) is 0 Å². The first kappa shape index (κ1) is 12.7. The second-order valence-corrected chi connectivity index (χ2v) is 4.99. The molecule has 98 valence electrons. The smallest absolute Gasteiger partial charge is 0.124 e. The highest BCUT2D eigenvalue weighted by Crippen LogP contribution is 2.29. The number of methoxy groups -OCH3 is 1. The second-order valence-electron chi connectivity index (χ2n) is 4.99. The van der Waals surface area contributed by atoms with Gasteiger partial charge >= 0.3 is 0 Å². The minimum absolute atomic E-state index is 0.117. The highest BCUT2D eigenvalue weighted by atomic mass is 16.5. The molecule has 4 nitrogen and oxygen atoms in total. The Balaban J connectivity index is 2.36. The summed E-state index contributed by atoms with van der Waals surface area (Å²) < 4.78 is 5.27. The number of anilines is 1. The topological polar surface area (TPSA) is 62.3 Å². The molecule has 1 heterocycles. The maximum atomic E-state index is 7.68. The molecule has 1 fully saturated rings. The summed E-state index contributed by atoms with van der Waals surface area (Å²) in [4.78, 5) is 2.31. The summed E-state index contributed by atoms with van der Waals surface area (Å²) in [5.41, 5.74) is 7.48. The van der Waals surface area contributed by atoms with Crippen LogP contribution >= 0.6 is 0 Å². The van der Waals surface area contributed by atoms with Gasteiger partial charge in [-0.25, -0.2) is 0 Å². The highest BCUT2D eigenvalue weighted by Gasteiger charge is 2.20. The molecule has 0 radical (unpaired) electrons. The van der Waals surface area contributed by atoms with Gasteiger partial charge in [-0.3, -0.25) is 5.41 Å². The third kappa shape index (κ3) is 2.58. The molecule has 1 aliphatic rings. The van der Waals surface area contributed by atoms with Gasteiger partial charge in [0, 0.05) is 24.7 Å². The van der Waals surface area contributed by atoms with E-state index < -0.39 is 0 Å². The molecule has 3 N–H and O–H groups in total. The molecule has 0 bridgehead atoms. The van der Waals surface area contributed by atoms with Crippen molar-refractivity contribution in [3.05, 3.63) is 23.8 Å². The van der Waals surface area contributed by atoms with Gasteiger partial charge < -0.3 is 15.4 Å². The molecule has 0 aromatic heterocycles. The first-order chi connectivity index (χ1) is 8.61. The van der Waals surface area contributed by atoms with Gasteiger partial charge in [0.25, 0.3) is 0 Å². The number of nitrogens with two attached hydrogens (primary N) is 1. The van der Waals surface area contributed by atoms with Gasteiger partial charge in [-0.2, -0.15) is 0 Å². The summed E-state index contributed by atoms with van der Waals surface area (Å²) in [7, 11) is 1.66. The van der Waals surface area contributed by atoms with Crippen molar-refractivity contribution in [3.8, 4) is 5.75 Å². The number of amidine groups is 1. The van der Waals surface area contributed by atoms with Crippen LogP contribution in [0.2, 0.25) is 0 Å². The number of benzene rings is 1. The van der Waals surface area contributed by atoms with E-state index in [1.807, 2.05) is 18.2 Å². The molecular formula is C14H21N3O. The van der Waals surface area contributed by atoms with E-state index in [0.717, 1.165) is 30.1 Å². The average molecular weight is 247 g/mol. The lowest BCUT2D eigenvalue weighted by atomic mass is 9.98. The second kappa shape index (κ2) is 5.29. The van der Waals surface area contributed by atoms with Gasteiger partial charge in [0.2, 0.25) is 0 Å². The zero-order valence-electron chi connectivity index (χ0n) is 11.1. The van der Waals surface area contributed by atoms with Crippen LogP contribution in [-0.4, -0.2) is 26.0 Å². The predicted octanol–water partition coefficient (Wildman–Crippen LogP) is 2.22. The maximum Gasteiger partial charge on any atom is 0.124 e. The minimum Gasteiger partial charge on any atom is -0.497 e. The number of hydrogen-bond acceptors (Lipinski definition) is 3. The van der Waals surface area contributed by atoms with E-state index in [1.165, 1.54) is 12.8 Å². The summed E-state index contributed by atoms with van der Waals surface area (Å²) in [6.45, 7) is 4.31. The number of rotatable bonds is 3. The van der Waals surface area contributed by atoms with Crippen molar-refractivity contribution in [1.82, 2.24) is 0 Å². The van der Waals surface area contributed by atoms with Crippen molar-refractivity contribution in [2.75, 3.05) is 25.1 Å². The van der Waals surface area contributed by atoms with Gasteiger partial charge in [0.1, 0.15) is 11.6 Å². The molecule has 0 aliphatic carbocycles. The van der Waals surface area contributed by atoms with Crippen molar-refractivity contribution >= 4 is 11.5 Å². The lowest BCUT2D eigenvalue weighted by Gasteiger charge is -2.34. The molecule has 1 aliphatic heterocycles. The van der Waals surface area contributed by atoms with Crippen LogP contribution < -0.4 is 15.4 Å². The van der Waals surface area contributed by atoms with Crippen molar-refractivity contribution in [2.24, 2.45) is 11.7 Å². The number of ether oxygens (including phenoxy) is 1. The Bertz CT molecular complexity index is 445. The standard InChI is InChI=1S/C14H21N3O/c1-10-4-3-7-17(9-10)13-8-11(18-2)5-6-12(13)14(15)16/h5-6,8,10H,3-4,7,9H2,1-2H3,(H3,15,16). The van der Waals surface area contributed by atoms with E-state index in [4.69, 9.17) is 15.9 Å². The Hall–Kier alpha value is -1.71. The van der Waals surface area contributed by atoms with Crippen LogP contribution in [0.1, 0.15) is 25.3 Å². The van der Waals surface area contributed by atoms with E-state index in [2.05, 4.69) is 11.8 Å². The van der Waals surface area contributed by atoms with Crippen molar-refractivity contribution in [1.29, 1.82) is 5.41 Å². The fourth-order valence-electron chi connectivity index (χ4n) is 2.54. The highest BCUT2D eigenvalue weighted by molar-refractivity contribution is 6.00. The average Bonchev–Trinajstić information content (AvgIpc) is 2.38. The van der Waals surface area contributed by atoms with Crippen molar-refractivity contribution in [2.45, 2.75) is 19.8 Å². The number of hydrogen-bond donors (Lipinski definition) is 2. The predicted molar refractivity (Wildman–Crippen MR) is 74.6 cm³/mol. The third-order valence-electron chi connectivity index (χ3n) is 3.49. The fourth-order valence-corrected chi connectivity index (χ4v) is 2.54. The molecular weight excluding hydrogens is 226 g/mol. The van der Waals surface area contributed by atoms with Crippen LogP contribution in [0.25, 0.3) is 0 Å². The van der Waals surface area contributed by atoms with E-state index >= 15 is 0 Å². The first-order valence-corrected chi connectivity index (χ1v) is 6.39. The van der Waals surface area contributed by atoms with Crippen molar-refractivity contribution < 1.29 is 4.74 Å². The zero-order valence-corrected chi connectivity index (χ0v) is 11.1. The van der Waals surface area contributed by atoms with Gasteiger partial charge in [-0.1, -0.05) is 6.92 Å². The van der Waals surface area contributed by atoms with E-state index in [0.29, 0.717) is 5.92 Å². The van der Waals surface area contributed by atoms with Crippen LogP contribution in [0, 0.1) is 11.3 Å². The lowest BCUT2D eigenvalue weighted by Crippen LogP contribution is -2.35. The Morgan fingerprint density at radius 1 is 1.50 bits per heavy atom. The molecule has 4 heteroatoms.